The number of methoxy groups -OCH3 is 1. The predicted octanol–water partition coefficient (Wildman–Crippen LogP) is 2.20. The van der Waals surface area contributed by atoms with Gasteiger partial charge in [0, 0.05) is 30.4 Å². The van der Waals surface area contributed by atoms with Crippen LogP contribution in [0.4, 0.5) is 0 Å². The Balaban J connectivity index is 2.31. The molecule has 1 aliphatic rings. The molecule has 0 fully saturated rings. The summed E-state index contributed by atoms with van der Waals surface area (Å²) < 4.78 is 5.28. The molecule has 0 spiro atoms. The van der Waals surface area contributed by atoms with E-state index in [1.807, 2.05) is 6.20 Å². The lowest BCUT2D eigenvalue weighted by Gasteiger charge is -2.31. The Bertz CT molecular complexity index is 368. The van der Waals surface area contributed by atoms with Gasteiger partial charge in [0.2, 0.25) is 5.88 Å². The fourth-order valence-corrected chi connectivity index (χ4v) is 1.93. The molecule has 15 heavy (non-hydrogen) atoms. The lowest BCUT2D eigenvalue weighted by Crippen LogP contribution is -2.36. The summed E-state index contributed by atoms with van der Waals surface area (Å²) in [7, 11) is 1.68. The molecule has 0 N–H and O–H groups in total. The van der Waals surface area contributed by atoms with Crippen molar-refractivity contribution < 1.29 is 4.74 Å². The lowest BCUT2D eigenvalue weighted by molar-refractivity contribution is 0.135. The fraction of sp³-hybridized carbons (Fsp3) is 0.583. The first-order valence-electron chi connectivity index (χ1n) is 5.28. The highest BCUT2D eigenvalue weighted by atomic mass is 16.5. The Kier molecular flexibility index (Phi) is 2.43. The normalized spacial score (nSPS) is 16.5. The summed E-state index contributed by atoms with van der Waals surface area (Å²) >= 11 is 0. The van der Waals surface area contributed by atoms with Gasteiger partial charge in [-0.05, 0) is 32.4 Å². The van der Waals surface area contributed by atoms with Gasteiger partial charge in [-0.3, -0.25) is 4.90 Å². The van der Waals surface area contributed by atoms with Gasteiger partial charge in [-0.25, -0.2) is 4.98 Å². The van der Waals surface area contributed by atoms with Gasteiger partial charge in [0.25, 0.3) is 0 Å². The number of nitrogens with zero attached hydrogens (tertiary/aromatic N) is 2. The first kappa shape index (κ1) is 10.4. The number of ether oxygens (including phenoxy) is 1. The maximum Gasteiger partial charge on any atom is 0.217 e. The predicted molar refractivity (Wildman–Crippen MR) is 59.8 cm³/mol. The summed E-state index contributed by atoms with van der Waals surface area (Å²) in [5, 5.41) is 0. The van der Waals surface area contributed by atoms with Crippen molar-refractivity contribution in [3.63, 3.8) is 0 Å². The van der Waals surface area contributed by atoms with Gasteiger partial charge in [-0.2, -0.15) is 0 Å². The molecule has 0 unspecified atom stereocenters. The Morgan fingerprint density at radius 1 is 1.33 bits per heavy atom. The van der Waals surface area contributed by atoms with Crippen LogP contribution in [0.25, 0.3) is 0 Å². The zero-order valence-corrected chi connectivity index (χ0v) is 9.87. The minimum Gasteiger partial charge on any atom is -0.481 e. The van der Waals surface area contributed by atoms with Crippen LogP contribution >= 0.6 is 0 Å². The highest BCUT2D eigenvalue weighted by molar-refractivity contribution is 5.37. The second-order valence-electron chi connectivity index (χ2n) is 4.98. The van der Waals surface area contributed by atoms with Crippen molar-refractivity contribution in [3.05, 3.63) is 23.4 Å². The zero-order valence-electron chi connectivity index (χ0n) is 9.87. The van der Waals surface area contributed by atoms with Crippen LogP contribution in [-0.2, 0) is 13.1 Å². The maximum atomic E-state index is 5.28. The third-order valence-corrected chi connectivity index (χ3v) is 2.97. The van der Waals surface area contributed by atoms with E-state index >= 15 is 0 Å². The molecular formula is C12H18N2O. The largest absolute Gasteiger partial charge is 0.481 e. The summed E-state index contributed by atoms with van der Waals surface area (Å²) in [5.74, 6) is 0.777. The van der Waals surface area contributed by atoms with E-state index in [4.69, 9.17) is 4.74 Å². The summed E-state index contributed by atoms with van der Waals surface area (Å²) in [4.78, 5) is 6.67. The van der Waals surface area contributed by atoms with Crippen molar-refractivity contribution >= 4 is 0 Å². The molecule has 0 atom stereocenters. The maximum absolute atomic E-state index is 5.28. The van der Waals surface area contributed by atoms with Crippen molar-refractivity contribution in [3.8, 4) is 5.88 Å². The first-order chi connectivity index (χ1) is 7.02. The minimum absolute atomic E-state index is 0.198. The topological polar surface area (TPSA) is 25.4 Å². The Morgan fingerprint density at radius 2 is 2.07 bits per heavy atom. The molecule has 1 aromatic rings. The molecule has 3 nitrogen and oxygen atoms in total. The zero-order chi connectivity index (χ0) is 11.1. The molecule has 82 valence electrons. The molecule has 1 aromatic heterocycles. The van der Waals surface area contributed by atoms with Crippen LogP contribution in [0.1, 0.15) is 31.9 Å². The van der Waals surface area contributed by atoms with E-state index in [-0.39, 0.29) is 5.54 Å². The number of hydrogen-bond acceptors (Lipinski definition) is 3. The van der Waals surface area contributed by atoms with Crippen LogP contribution in [0.2, 0.25) is 0 Å². The molecule has 0 aliphatic carbocycles. The van der Waals surface area contributed by atoms with E-state index in [1.165, 1.54) is 11.1 Å². The summed E-state index contributed by atoms with van der Waals surface area (Å²) in [6.07, 6.45) is 1.82. The lowest BCUT2D eigenvalue weighted by atomic mass is 10.1. The van der Waals surface area contributed by atoms with E-state index in [2.05, 4.69) is 36.7 Å². The van der Waals surface area contributed by atoms with Crippen LogP contribution in [0.5, 0.6) is 5.88 Å². The van der Waals surface area contributed by atoms with E-state index in [0.717, 1.165) is 19.0 Å². The average molecular weight is 206 g/mol. The Labute approximate surface area is 91.1 Å². The molecule has 0 saturated heterocycles. The summed E-state index contributed by atoms with van der Waals surface area (Å²) in [6, 6.07) is 2.09. The summed E-state index contributed by atoms with van der Waals surface area (Å²) in [6.45, 7) is 8.64. The van der Waals surface area contributed by atoms with Crippen LogP contribution in [-0.4, -0.2) is 22.5 Å². The molecule has 2 rings (SSSR count). The molecule has 0 saturated carbocycles. The van der Waals surface area contributed by atoms with E-state index in [9.17, 15) is 0 Å². The number of aromatic nitrogens is 1. The molecule has 0 radical (unpaired) electrons. The van der Waals surface area contributed by atoms with Crippen molar-refractivity contribution in [1.82, 2.24) is 9.88 Å². The fourth-order valence-electron chi connectivity index (χ4n) is 1.93. The Hall–Kier alpha value is -1.09. The highest BCUT2D eigenvalue weighted by Crippen LogP contribution is 2.32. The van der Waals surface area contributed by atoms with Crippen LogP contribution in [0.15, 0.2) is 12.3 Å². The third-order valence-electron chi connectivity index (χ3n) is 2.97. The molecule has 2 heterocycles. The van der Waals surface area contributed by atoms with Gasteiger partial charge < -0.3 is 4.74 Å². The number of fused-ring (bicyclic) bond motifs is 1. The second-order valence-corrected chi connectivity index (χ2v) is 4.98. The van der Waals surface area contributed by atoms with Gasteiger partial charge in [-0.1, -0.05) is 0 Å². The van der Waals surface area contributed by atoms with Gasteiger partial charge in [0.05, 0.1) is 7.11 Å². The SMILES string of the molecule is COc1nccc2c1CN(C(C)(C)C)C2. The van der Waals surface area contributed by atoms with Crippen molar-refractivity contribution in [2.75, 3.05) is 7.11 Å². The van der Waals surface area contributed by atoms with Crippen LogP contribution < -0.4 is 4.74 Å². The molecule has 0 bridgehead atoms. The van der Waals surface area contributed by atoms with Gasteiger partial charge in [0.1, 0.15) is 0 Å². The van der Waals surface area contributed by atoms with Crippen LogP contribution in [0.3, 0.4) is 0 Å². The van der Waals surface area contributed by atoms with Crippen molar-refractivity contribution in [2.24, 2.45) is 0 Å². The molecule has 3 heteroatoms. The van der Waals surface area contributed by atoms with Crippen LogP contribution in [0, 0.1) is 0 Å². The first-order valence-corrected chi connectivity index (χ1v) is 5.28. The quantitative estimate of drug-likeness (QED) is 0.704. The standard InChI is InChI=1S/C12H18N2O/c1-12(2,3)14-7-9-5-6-13-11(15-4)10(9)8-14/h5-6H,7-8H2,1-4H3. The third kappa shape index (κ3) is 1.84. The van der Waals surface area contributed by atoms with Crippen molar-refractivity contribution in [1.29, 1.82) is 0 Å². The van der Waals surface area contributed by atoms with Gasteiger partial charge in [0.15, 0.2) is 0 Å². The van der Waals surface area contributed by atoms with Crippen molar-refractivity contribution in [2.45, 2.75) is 39.4 Å². The van der Waals surface area contributed by atoms with E-state index in [0.29, 0.717) is 0 Å². The number of pyridine rings is 1. The monoisotopic (exact) mass is 206 g/mol. The summed E-state index contributed by atoms with van der Waals surface area (Å²) in [5.41, 5.74) is 2.79. The second kappa shape index (κ2) is 3.49. The highest BCUT2D eigenvalue weighted by Gasteiger charge is 2.30. The average Bonchev–Trinajstić information content (AvgIpc) is 2.59. The Morgan fingerprint density at radius 3 is 2.67 bits per heavy atom. The van der Waals surface area contributed by atoms with E-state index < -0.39 is 0 Å². The van der Waals surface area contributed by atoms with Gasteiger partial charge >= 0.3 is 0 Å². The smallest absolute Gasteiger partial charge is 0.217 e. The number of hydrogen-bond donors (Lipinski definition) is 0. The van der Waals surface area contributed by atoms with Gasteiger partial charge in [-0.15, -0.1) is 0 Å². The molecule has 0 amide bonds. The molecule has 0 aromatic carbocycles. The molecular weight excluding hydrogens is 188 g/mol. The molecule has 1 aliphatic heterocycles. The minimum atomic E-state index is 0.198. The van der Waals surface area contributed by atoms with E-state index in [1.54, 1.807) is 7.11 Å². The number of rotatable bonds is 1.